The van der Waals surface area contributed by atoms with Crippen molar-refractivity contribution < 1.29 is 14.1 Å². The first-order valence-electron chi connectivity index (χ1n) is 12.4. The number of nitrogens with zero attached hydrogens (tertiary/aromatic N) is 2. The molecule has 0 saturated heterocycles. The van der Waals surface area contributed by atoms with Gasteiger partial charge in [-0.1, -0.05) is 107 Å². The summed E-state index contributed by atoms with van der Waals surface area (Å²) in [5.41, 5.74) is 2.05. The molecule has 5 heteroatoms. The van der Waals surface area contributed by atoms with Gasteiger partial charge in [-0.05, 0) is 34.9 Å². The fourth-order valence-corrected chi connectivity index (χ4v) is 4.90. The van der Waals surface area contributed by atoms with Crippen LogP contribution in [0.15, 0.2) is 59.6 Å². The fraction of sp³-hybridized carbons (Fsp3) is 0.464. The molecule has 0 amide bonds. The molecule has 0 unspecified atom stereocenters. The van der Waals surface area contributed by atoms with Gasteiger partial charge in [0.1, 0.15) is 11.7 Å². The first-order chi connectivity index (χ1) is 16.3. The zero-order valence-electron chi connectivity index (χ0n) is 19.9. The van der Waals surface area contributed by atoms with Crippen molar-refractivity contribution in [3.8, 4) is 0 Å². The Balaban J connectivity index is 1.44. The molecule has 0 saturated carbocycles. The summed E-state index contributed by atoms with van der Waals surface area (Å²) in [6.07, 6.45) is 14.5. The summed E-state index contributed by atoms with van der Waals surface area (Å²) in [6, 6.07) is 18.1. The lowest BCUT2D eigenvalue weighted by Gasteiger charge is -2.05. The van der Waals surface area contributed by atoms with E-state index in [1.807, 2.05) is 59.3 Å². The number of para-hydroxylation sites is 1. The van der Waals surface area contributed by atoms with Gasteiger partial charge in [0.15, 0.2) is 6.54 Å². The van der Waals surface area contributed by atoms with Gasteiger partial charge in [-0.3, -0.25) is 0 Å². The Morgan fingerprint density at radius 1 is 0.879 bits per heavy atom. The highest BCUT2D eigenvalue weighted by atomic mass is 32.1. The van der Waals surface area contributed by atoms with Crippen molar-refractivity contribution in [1.29, 1.82) is 0 Å². The maximum absolute atomic E-state index is 12.6. The standard InChI is InChI=1S/C28H37N2O2S/c1-2-3-4-5-6-7-8-9-10-16-21-32-27(31)23-30-25-19-14-15-20-26(25)33-28(30)29-22-24-17-12-11-13-18-24/h11-15,17-20,22H,2-10,16,21,23H2,1H3/q+1. The van der Waals surface area contributed by atoms with Gasteiger partial charge in [0.2, 0.25) is 0 Å². The van der Waals surface area contributed by atoms with Crippen molar-refractivity contribution in [2.75, 3.05) is 6.61 Å². The Bertz CT molecular complexity index is 998. The third-order valence-electron chi connectivity index (χ3n) is 5.76. The molecule has 1 aromatic heterocycles. The summed E-state index contributed by atoms with van der Waals surface area (Å²) in [4.78, 5) is 17.2. The predicted octanol–water partition coefficient (Wildman–Crippen LogP) is 7.40. The van der Waals surface area contributed by atoms with E-state index in [1.54, 1.807) is 11.3 Å². The molecule has 3 aromatic rings. The molecule has 0 fully saturated rings. The molecule has 176 valence electrons. The molecule has 4 nitrogen and oxygen atoms in total. The number of esters is 1. The summed E-state index contributed by atoms with van der Waals surface area (Å²) < 4.78 is 8.62. The number of carbonyl (C=O) groups is 1. The molecule has 33 heavy (non-hydrogen) atoms. The zero-order chi connectivity index (χ0) is 23.1. The largest absolute Gasteiger partial charge is 0.463 e. The molecule has 0 aliphatic carbocycles. The lowest BCUT2D eigenvalue weighted by molar-refractivity contribution is -0.643. The van der Waals surface area contributed by atoms with Gasteiger partial charge in [-0.15, -0.1) is 0 Å². The Hall–Kier alpha value is -2.53. The number of fused-ring (bicyclic) bond motifs is 1. The van der Waals surface area contributed by atoms with E-state index in [0.717, 1.165) is 33.8 Å². The summed E-state index contributed by atoms with van der Waals surface area (Å²) >= 11 is 1.59. The smallest absolute Gasteiger partial charge is 0.383 e. The summed E-state index contributed by atoms with van der Waals surface area (Å²) in [5.74, 6) is -0.198. The van der Waals surface area contributed by atoms with Crippen LogP contribution in [0.1, 0.15) is 76.7 Å². The van der Waals surface area contributed by atoms with Crippen LogP contribution in [0.4, 0.5) is 5.13 Å². The molecule has 0 aliphatic rings. The molecular formula is C28H37N2O2S+. The van der Waals surface area contributed by atoms with Crippen molar-refractivity contribution in [3.05, 3.63) is 60.2 Å². The lowest BCUT2D eigenvalue weighted by atomic mass is 10.1. The van der Waals surface area contributed by atoms with Crippen molar-refractivity contribution in [1.82, 2.24) is 0 Å². The third kappa shape index (κ3) is 8.73. The van der Waals surface area contributed by atoms with Gasteiger partial charge < -0.3 is 4.74 Å². The molecule has 0 aliphatic heterocycles. The minimum absolute atomic E-state index is 0.184. The zero-order valence-corrected chi connectivity index (χ0v) is 20.7. The van der Waals surface area contributed by atoms with Crippen molar-refractivity contribution in [3.63, 3.8) is 0 Å². The summed E-state index contributed by atoms with van der Waals surface area (Å²) in [7, 11) is 0. The second-order valence-corrected chi connectivity index (χ2v) is 9.52. The quantitative estimate of drug-likeness (QED) is 0.102. The number of aromatic nitrogens is 1. The van der Waals surface area contributed by atoms with Gasteiger partial charge in [0, 0.05) is 5.56 Å². The number of thiazole rings is 1. The van der Waals surface area contributed by atoms with Gasteiger partial charge in [-0.2, -0.15) is 0 Å². The van der Waals surface area contributed by atoms with Crippen LogP contribution in [0.25, 0.3) is 10.2 Å². The molecule has 0 spiro atoms. The Labute approximate surface area is 202 Å². The van der Waals surface area contributed by atoms with E-state index in [0.29, 0.717) is 6.61 Å². The van der Waals surface area contributed by atoms with Gasteiger partial charge in [0.05, 0.1) is 11.3 Å². The average Bonchev–Trinajstić information content (AvgIpc) is 3.19. The van der Waals surface area contributed by atoms with E-state index < -0.39 is 0 Å². The van der Waals surface area contributed by atoms with E-state index in [9.17, 15) is 4.79 Å². The monoisotopic (exact) mass is 465 g/mol. The van der Waals surface area contributed by atoms with E-state index in [-0.39, 0.29) is 12.5 Å². The minimum Gasteiger partial charge on any atom is -0.463 e. The second-order valence-electron chi connectivity index (χ2n) is 8.51. The SMILES string of the molecule is CCCCCCCCCCCCOC(=O)C[n+]1c(N=Cc2ccccc2)sc2ccccc21. The van der Waals surface area contributed by atoms with Crippen molar-refractivity contribution in [2.45, 2.75) is 77.7 Å². The molecule has 0 N–H and O–H groups in total. The van der Waals surface area contributed by atoms with Crippen LogP contribution < -0.4 is 4.57 Å². The molecule has 1 heterocycles. The fourth-order valence-electron chi connectivity index (χ4n) is 3.89. The highest BCUT2D eigenvalue weighted by Gasteiger charge is 2.21. The Morgan fingerprint density at radius 3 is 2.24 bits per heavy atom. The molecule has 0 radical (unpaired) electrons. The highest BCUT2D eigenvalue weighted by Crippen LogP contribution is 2.26. The number of ether oxygens (including phenoxy) is 1. The first kappa shape index (κ1) is 25.1. The molecule has 0 atom stereocenters. The predicted molar refractivity (Wildman–Crippen MR) is 139 cm³/mol. The maximum Gasteiger partial charge on any atom is 0.383 e. The number of unbranched alkanes of at least 4 members (excludes halogenated alkanes) is 9. The average molecular weight is 466 g/mol. The second kappa shape index (κ2) is 14.6. The van der Waals surface area contributed by atoms with E-state index >= 15 is 0 Å². The van der Waals surface area contributed by atoms with Gasteiger partial charge in [-0.25, -0.2) is 9.36 Å². The topological polar surface area (TPSA) is 42.5 Å². The first-order valence-corrected chi connectivity index (χ1v) is 13.3. The van der Waals surface area contributed by atoms with E-state index in [1.165, 1.54) is 51.4 Å². The van der Waals surface area contributed by atoms with E-state index in [4.69, 9.17) is 4.74 Å². The summed E-state index contributed by atoms with van der Waals surface area (Å²) in [5, 5.41) is 0.802. The molecule has 2 aromatic carbocycles. The van der Waals surface area contributed by atoms with Crippen LogP contribution in [0.3, 0.4) is 0 Å². The summed E-state index contributed by atoms with van der Waals surface area (Å²) in [6.45, 7) is 2.94. The van der Waals surface area contributed by atoms with Crippen LogP contribution in [0.5, 0.6) is 0 Å². The van der Waals surface area contributed by atoms with Crippen molar-refractivity contribution >= 4 is 38.9 Å². The number of hydrogen-bond donors (Lipinski definition) is 0. The molecule has 0 bridgehead atoms. The van der Waals surface area contributed by atoms with Crippen LogP contribution in [0, 0.1) is 0 Å². The maximum atomic E-state index is 12.6. The minimum atomic E-state index is -0.198. The highest BCUT2D eigenvalue weighted by molar-refractivity contribution is 7.21. The van der Waals surface area contributed by atoms with Crippen LogP contribution in [-0.2, 0) is 16.1 Å². The number of benzene rings is 2. The number of carbonyl (C=O) groups excluding carboxylic acids is 1. The normalized spacial score (nSPS) is 11.4. The Morgan fingerprint density at radius 2 is 1.52 bits per heavy atom. The van der Waals surface area contributed by atoms with Gasteiger partial charge >= 0.3 is 11.1 Å². The molecule has 3 rings (SSSR count). The number of aliphatic imine (C=N–C) groups is 1. The van der Waals surface area contributed by atoms with Crippen LogP contribution >= 0.6 is 11.3 Å². The van der Waals surface area contributed by atoms with Gasteiger partial charge in [0.25, 0.3) is 0 Å². The number of hydrogen-bond acceptors (Lipinski definition) is 4. The van der Waals surface area contributed by atoms with Crippen molar-refractivity contribution in [2.24, 2.45) is 4.99 Å². The van der Waals surface area contributed by atoms with Crippen LogP contribution in [-0.4, -0.2) is 18.8 Å². The van der Waals surface area contributed by atoms with Crippen LogP contribution in [0.2, 0.25) is 0 Å². The molecular weight excluding hydrogens is 428 g/mol. The van der Waals surface area contributed by atoms with E-state index in [2.05, 4.69) is 18.0 Å². The lowest BCUT2D eigenvalue weighted by Crippen LogP contribution is -2.37. The number of rotatable bonds is 15. The Kier molecular flexibility index (Phi) is 11.1. The third-order valence-corrected chi connectivity index (χ3v) is 6.83.